The maximum absolute atomic E-state index is 6.61. The minimum Gasteiger partial charge on any atom is -0.210 e. The van der Waals surface area contributed by atoms with Gasteiger partial charge in [-0.15, -0.1) is 0 Å². The van der Waals surface area contributed by atoms with E-state index in [4.69, 9.17) is 11.8 Å². The monoisotopic (exact) mass is 421 g/mol. The molecule has 168 valence electrons. The third-order valence-corrected chi connectivity index (χ3v) is 6.79. The summed E-state index contributed by atoms with van der Waals surface area (Å²) in [5.74, 6) is 0. The Morgan fingerprint density at radius 1 is 0.655 bits per heavy atom. The summed E-state index contributed by atoms with van der Waals surface area (Å²) in [6, 6.07) is 10.5. The Morgan fingerprint density at radius 2 is 1.07 bits per heavy atom. The van der Waals surface area contributed by atoms with Gasteiger partial charge in [-0.05, 0) is 37.6 Å². The summed E-state index contributed by atoms with van der Waals surface area (Å²) in [5, 5.41) is 0. The van der Waals surface area contributed by atoms with Gasteiger partial charge in [0.1, 0.15) is 0 Å². The molecule has 0 unspecified atom stereocenters. The summed E-state index contributed by atoms with van der Waals surface area (Å²) in [6.07, 6.45) is 22.4. The van der Waals surface area contributed by atoms with E-state index in [1.165, 1.54) is 108 Å². The van der Waals surface area contributed by atoms with Crippen molar-refractivity contribution in [3.8, 4) is 0 Å². The van der Waals surface area contributed by atoms with E-state index in [0.29, 0.717) is 0 Å². The molecule has 0 radical (unpaired) electrons. The lowest BCUT2D eigenvalue weighted by molar-refractivity contribution is 0.209. The number of hydrogen-bond donors (Lipinski definition) is 0. The summed E-state index contributed by atoms with van der Waals surface area (Å²) in [4.78, 5) is 0. The van der Waals surface area contributed by atoms with Crippen LogP contribution in [0.1, 0.15) is 129 Å². The number of halogens is 1. The molecule has 0 N–H and O–H groups in total. The van der Waals surface area contributed by atoms with Crippen LogP contribution < -0.4 is 0 Å². The standard InChI is InChI=1S/C27H48ClN/c1-4-5-6-7-8-9-10-11-12-13-14-15-16-17-21-24-27(2,3)29(28)25-26-22-19-18-20-23-26/h18-20,22-23H,4-17,21,24-25H2,1-3H3. The molecular weight excluding hydrogens is 374 g/mol. The first-order chi connectivity index (χ1) is 14.1. The van der Waals surface area contributed by atoms with E-state index in [9.17, 15) is 0 Å². The van der Waals surface area contributed by atoms with E-state index in [1.807, 2.05) is 4.42 Å². The lowest BCUT2D eigenvalue weighted by Gasteiger charge is -2.33. The highest BCUT2D eigenvalue weighted by atomic mass is 35.5. The average molecular weight is 422 g/mol. The minimum atomic E-state index is 0.0495. The van der Waals surface area contributed by atoms with Gasteiger partial charge in [0.25, 0.3) is 0 Å². The molecule has 0 bridgehead atoms. The summed E-state index contributed by atoms with van der Waals surface area (Å²) in [7, 11) is 0. The lowest BCUT2D eigenvalue weighted by Crippen LogP contribution is -2.36. The number of nitrogens with zero attached hydrogens (tertiary/aromatic N) is 1. The van der Waals surface area contributed by atoms with Crippen molar-refractivity contribution in [1.29, 1.82) is 0 Å². The SMILES string of the molecule is CCCCCCCCCCCCCCCCCC(C)(C)N(Cl)Cc1ccccc1. The second-order valence-electron chi connectivity index (χ2n) is 9.52. The van der Waals surface area contributed by atoms with Crippen molar-refractivity contribution in [2.24, 2.45) is 0 Å². The van der Waals surface area contributed by atoms with Gasteiger partial charge in [-0.3, -0.25) is 0 Å². The molecule has 0 fully saturated rings. The second kappa shape index (κ2) is 17.2. The van der Waals surface area contributed by atoms with Crippen molar-refractivity contribution in [3.05, 3.63) is 35.9 Å². The Kier molecular flexibility index (Phi) is 15.7. The third-order valence-electron chi connectivity index (χ3n) is 6.21. The summed E-state index contributed by atoms with van der Waals surface area (Å²) < 4.78 is 1.99. The summed E-state index contributed by atoms with van der Waals surface area (Å²) >= 11 is 6.61. The van der Waals surface area contributed by atoms with E-state index in [0.717, 1.165) is 6.54 Å². The van der Waals surface area contributed by atoms with Crippen LogP contribution in [-0.2, 0) is 6.54 Å². The molecule has 0 saturated carbocycles. The molecule has 0 aliphatic rings. The van der Waals surface area contributed by atoms with Gasteiger partial charge >= 0.3 is 0 Å². The molecule has 1 aromatic carbocycles. The molecule has 0 aliphatic carbocycles. The highest BCUT2D eigenvalue weighted by Crippen LogP contribution is 2.26. The van der Waals surface area contributed by atoms with Gasteiger partial charge < -0.3 is 0 Å². The molecule has 0 heterocycles. The number of rotatable bonds is 19. The summed E-state index contributed by atoms with van der Waals surface area (Å²) in [6.45, 7) is 7.65. The minimum absolute atomic E-state index is 0.0495. The first kappa shape index (κ1) is 26.5. The Balaban J connectivity index is 1.92. The van der Waals surface area contributed by atoms with Crippen LogP contribution in [0.2, 0.25) is 0 Å². The maximum atomic E-state index is 6.61. The van der Waals surface area contributed by atoms with Crippen LogP contribution in [0, 0.1) is 0 Å². The average Bonchev–Trinajstić information content (AvgIpc) is 2.71. The highest BCUT2D eigenvalue weighted by Gasteiger charge is 2.24. The van der Waals surface area contributed by atoms with Crippen molar-refractivity contribution in [3.63, 3.8) is 0 Å². The number of benzene rings is 1. The molecule has 0 saturated heterocycles. The first-order valence-electron chi connectivity index (χ1n) is 12.5. The molecule has 0 aromatic heterocycles. The van der Waals surface area contributed by atoms with E-state index >= 15 is 0 Å². The highest BCUT2D eigenvalue weighted by molar-refractivity contribution is 6.13. The third kappa shape index (κ3) is 14.2. The molecule has 0 amide bonds. The fourth-order valence-corrected chi connectivity index (χ4v) is 4.23. The number of unbranched alkanes of at least 4 members (excludes halogenated alkanes) is 14. The molecule has 1 aromatic rings. The molecule has 0 aliphatic heterocycles. The first-order valence-corrected chi connectivity index (χ1v) is 12.9. The van der Waals surface area contributed by atoms with Crippen LogP contribution in [0.4, 0.5) is 0 Å². The Bertz CT molecular complexity index is 471. The normalized spacial score (nSPS) is 12.0. The van der Waals surface area contributed by atoms with Gasteiger partial charge in [-0.1, -0.05) is 134 Å². The Hall–Kier alpha value is -0.530. The van der Waals surface area contributed by atoms with Crippen molar-refractivity contribution in [1.82, 2.24) is 4.42 Å². The van der Waals surface area contributed by atoms with Crippen LogP contribution in [0.3, 0.4) is 0 Å². The predicted molar refractivity (Wildman–Crippen MR) is 131 cm³/mol. The van der Waals surface area contributed by atoms with Gasteiger partial charge in [0.05, 0.1) is 0 Å². The zero-order valence-electron chi connectivity index (χ0n) is 19.7. The van der Waals surface area contributed by atoms with Crippen molar-refractivity contribution in [2.45, 2.75) is 136 Å². The van der Waals surface area contributed by atoms with Crippen LogP contribution in [-0.4, -0.2) is 9.96 Å². The quantitative estimate of drug-likeness (QED) is 0.158. The predicted octanol–water partition coefficient (Wildman–Crippen LogP) is 9.68. The maximum Gasteiger partial charge on any atom is 0.0395 e. The van der Waals surface area contributed by atoms with Gasteiger partial charge in [-0.25, -0.2) is 4.42 Å². The van der Waals surface area contributed by atoms with Crippen molar-refractivity contribution >= 4 is 11.8 Å². The van der Waals surface area contributed by atoms with E-state index in [1.54, 1.807) is 0 Å². The molecule has 0 spiro atoms. The Morgan fingerprint density at radius 3 is 1.52 bits per heavy atom. The fourth-order valence-electron chi connectivity index (χ4n) is 4.01. The van der Waals surface area contributed by atoms with Crippen LogP contribution >= 0.6 is 11.8 Å². The molecule has 1 rings (SSSR count). The number of hydrogen-bond acceptors (Lipinski definition) is 1. The second-order valence-corrected chi connectivity index (χ2v) is 9.93. The van der Waals surface area contributed by atoms with Crippen molar-refractivity contribution < 1.29 is 0 Å². The van der Waals surface area contributed by atoms with E-state index in [-0.39, 0.29) is 5.54 Å². The molecular formula is C27H48ClN. The van der Waals surface area contributed by atoms with Crippen LogP contribution in [0.15, 0.2) is 30.3 Å². The zero-order chi connectivity index (χ0) is 21.2. The van der Waals surface area contributed by atoms with Gasteiger partial charge in [0.2, 0.25) is 0 Å². The van der Waals surface area contributed by atoms with E-state index in [2.05, 4.69) is 51.1 Å². The molecule has 2 heteroatoms. The molecule has 1 nitrogen and oxygen atoms in total. The largest absolute Gasteiger partial charge is 0.210 e. The fraction of sp³-hybridized carbons (Fsp3) is 0.778. The zero-order valence-corrected chi connectivity index (χ0v) is 20.5. The molecule has 29 heavy (non-hydrogen) atoms. The molecule has 0 atom stereocenters. The lowest BCUT2D eigenvalue weighted by atomic mass is 9.95. The Labute approximate surface area is 187 Å². The van der Waals surface area contributed by atoms with Crippen LogP contribution in [0.25, 0.3) is 0 Å². The summed E-state index contributed by atoms with van der Waals surface area (Å²) in [5.41, 5.74) is 1.33. The van der Waals surface area contributed by atoms with E-state index < -0.39 is 0 Å². The van der Waals surface area contributed by atoms with Crippen molar-refractivity contribution in [2.75, 3.05) is 0 Å². The topological polar surface area (TPSA) is 3.24 Å². The smallest absolute Gasteiger partial charge is 0.0395 e. The van der Waals surface area contributed by atoms with Crippen LogP contribution in [0.5, 0.6) is 0 Å². The van der Waals surface area contributed by atoms with Gasteiger partial charge in [0, 0.05) is 12.1 Å². The van der Waals surface area contributed by atoms with Gasteiger partial charge in [-0.2, -0.15) is 0 Å². The van der Waals surface area contributed by atoms with Gasteiger partial charge in [0.15, 0.2) is 0 Å².